The molecule has 0 aromatic heterocycles. The van der Waals surface area contributed by atoms with E-state index < -0.39 is 0 Å². The number of allylic oxidation sites excluding steroid dienone is 1. The van der Waals surface area contributed by atoms with Gasteiger partial charge in [0.25, 0.3) is 0 Å². The van der Waals surface area contributed by atoms with Gasteiger partial charge in [-0.05, 0) is 67.5 Å². The molecule has 1 aromatic rings. The van der Waals surface area contributed by atoms with Crippen LogP contribution in [0.5, 0.6) is 0 Å². The first-order chi connectivity index (χ1) is 11.4. The highest BCUT2D eigenvalue weighted by Crippen LogP contribution is 2.42. The minimum absolute atomic E-state index is 0.0198. The summed E-state index contributed by atoms with van der Waals surface area (Å²) < 4.78 is 15.2. The van der Waals surface area contributed by atoms with E-state index in [0.717, 1.165) is 63.1 Å². The smallest absolute Gasteiger partial charge is 0.116 e. The van der Waals surface area contributed by atoms with Crippen LogP contribution in [0, 0.1) is 11.3 Å². The Morgan fingerprint density at radius 3 is 2.38 bits per heavy atom. The lowest BCUT2D eigenvalue weighted by atomic mass is 9.71. The molecule has 1 saturated carbocycles. The zero-order valence-electron chi connectivity index (χ0n) is 15.5. The van der Waals surface area contributed by atoms with Gasteiger partial charge in [-0.3, -0.25) is 4.90 Å². The third-order valence-electron chi connectivity index (χ3n) is 6.04. The van der Waals surface area contributed by atoms with Crippen LogP contribution in [-0.2, 0) is 6.54 Å². The van der Waals surface area contributed by atoms with Crippen molar-refractivity contribution in [1.29, 1.82) is 0 Å². The standard InChI is InChI=1S/C22H32FN/c1-22(2,3)19-13-11-18(12-14-19)21(23)20-10-7-15-24(20)16-17-8-5-4-6-9-17/h4-6,8-9,19-20H,7,10-16H2,1-3H3. The molecule has 0 bridgehead atoms. The molecule has 0 N–H and O–H groups in total. The zero-order valence-corrected chi connectivity index (χ0v) is 15.5. The van der Waals surface area contributed by atoms with Crippen molar-refractivity contribution in [3.05, 3.63) is 47.3 Å². The van der Waals surface area contributed by atoms with E-state index in [9.17, 15) is 0 Å². The molecule has 2 aliphatic rings. The molecule has 1 nitrogen and oxygen atoms in total. The fourth-order valence-corrected chi connectivity index (χ4v) is 4.43. The van der Waals surface area contributed by atoms with Gasteiger partial charge in [-0.25, -0.2) is 4.39 Å². The number of likely N-dealkylation sites (tertiary alicyclic amines) is 1. The molecule has 1 atom stereocenters. The van der Waals surface area contributed by atoms with Crippen LogP contribution in [-0.4, -0.2) is 17.5 Å². The molecular weight excluding hydrogens is 297 g/mol. The van der Waals surface area contributed by atoms with E-state index in [1.54, 1.807) is 0 Å². The van der Waals surface area contributed by atoms with Gasteiger partial charge in [0.05, 0.1) is 6.04 Å². The van der Waals surface area contributed by atoms with Gasteiger partial charge in [0.1, 0.15) is 5.83 Å². The van der Waals surface area contributed by atoms with E-state index in [1.165, 1.54) is 5.56 Å². The van der Waals surface area contributed by atoms with Gasteiger partial charge in [0.2, 0.25) is 0 Å². The van der Waals surface area contributed by atoms with E-state index >= 15 is 4.39 Å². The van der Waals surface area contributed by atoms with E-state index in [-0.39, 0.29) is 11.9 Å². The van der Waals surface area contributed by atoms with Crippen LogP contribution < -0.4 is 0 Å². The maximum Gasteiger partial charge on any atom is 0.116 e. The van der Waals surface area contributed by atoms with Crippen LogP contribution in [0.3, 0.4) is 0 Å². The van der Waals surface area contributed by atoms with Crippen molar-refractivity contribution in [3.8, 4) is 0 Å². The first-order valence-electron chi connectivity index (χ1n) is 9.60. The van der Waals surface area contributed by atoms with Crippen LogP contribution in [0.1, 0.15) is 64.9 Å². The number of nitrogens with zero attached hydrogens (tertiary/aromatic N) is 1. The minimum atomic E-state index is 0.0198. The molecule has 2 fully saturated rings. The second kappa shape index (κ2) is 7.39. The molecule has 0 radical (unpaired) electrons. The van der Waals surface area contributed by atoms with E-state index in [0.29, 0.717) is 5.41 Å². The normalized spacial score (nSPS) is 25.9. The highest BCUT2D eigenvalue weighted by atomic mass is 19.1. The Balaban J connectivity index is 1.66. The van der Waals surface area contributed by atoms with Crippen LogP contribution in [0.15, 0.2) is 41.7 Å². The van der Waals surface area contributed by atoms with Crippen molar-refractivity contribution in [2.45, 2.75) is 71.9 Å². The lowest BCUT2D eigenvalue weighted by Gasteiger charge is -2.35. The highest BCUT2D eigenvalue weighted by Gasteiger charge is 2.33. The first kappa shape index (κ1) is 17.7. The van der Waals surface area contributed by atoms with Crippen LogP contribution in [0.4, 0.5) is 4.39 Å². The number of rotatable bonds is 3. The molecule has 1 aliphatic carbocycles. The summed E-state index contributed by atoms with van der Waals surface area (Å²) in [6.45, 7) is 8.85. The lowest BCUT2D eigenvalue weighted by Crippen LogP contribution is -2.31. The summed E-state index contributed by atoms with van der Waals surface area (Å²) in [4.78, 5) is 2.34. The van der Waals surface area contributed by atoms with Gasteiger partial charge in [-0.2, -0.15) is 0 Å². The Kier molecular flexibility index (Phi) is 5.44. The third-order valence-corrected chi connectivity index (χ3v) is 6.04. The molecule has 0 spiro atoms. The Morgan fingerprint density at radius 2 is 1.75 bits per heavy atom. The van der Waals surface area contributed by atoms with Crippen molar-refractivity contribution in [2.75, 3.05) is 6.54 Å². The quantitative estimate of drug-likeness (QED) is 0.646. The van der Waals surface area contributed by atoms with Gasteiger partial charge in [0.15, 0.2) is 0 Å². The first-order valence-corrected chi connectivity index (χ1v) is 9.60. The van der Waals surface area contributed by atoms with Gasteiger partial charge >= 0.3 is 0 Å². The van der Waals surface area contributed by atoms with E-state index in [4.69, 9.17) is 0 Å². The van der Waals surface area contributed by atoms with Gasteiger partial charge in [-0.15, -0.1) is 0 Å². The molecule has 0 amide bonds. The van der Waals surface area contributed by atoms with E-state index in [1.807, 2.05) is 6.07 Å². The van der Waals surface area contributed by atoms with Crippen LogP contribution in [0.25, 0.3) is 0 Å². The van der Waals surface area contributed by atoms with Crippen LogP contribution >= 0.6 is 0 Å². The summed E-state index contributed by atoms with van der Waals surface area (Å²) in [5.74, 6) is 0.939. The maximum atomic E-state index is 15.2. The number of halogens is 1. The maximum absolute atomic E-state index is 15.2. The molecular formula is C22H32FN. The highest BCUT2D eigenvalue weighted by molar-refractivity contribution is 5.20. The Bertz CT molecular complexity index is 559. The lowest BCUT2D eigenvalue weighted by molar-refractivity contribution is 0.191. The van der Waals surface area contributed by atoms with Crippen molar-refractivity contribution in [1.82, 2.24) is 4.90 Å². The summed E-state index contributed by atoms with van der Waals surface area (Å²) in [6, 6.07) is 10.5. The minimum Gasteiger partial charge on any atom is -0.290 e. The average molecular weight is 330 g/mol. The second-order valence-electron chi connectivity index (χ2n) is 8.71. The summed E-state index contributed by atoms with van der Waals surface area (Å²) in [5.41, 5.74) is 2.76. The number of hydrogen-bond donors (Lipinski definition) is 0. The molecule has 1 saturated heterocycles. The SMILES string of the molecule is CC(C)(C)C1CCC(=C(F)C2CCCN2Cc2ccccc2)CC1. The third kappa shape index (κ3) is 4.08. The molecule has 1 aromatic carbocycles. The fraction of sp³-hybridized carbons (Fsp3) is 0.636. The summed E-state index contributed by atoms with van der Waals surface area (Å²) in [6.07, 6.45) is 6.32. The molecule has 132 valence electrons. The zero-order chi connectivity index (χ0) is 17.2. The van der Waals surface area contributed by atoms with E-state index in [2.05, 4.69) is 49.9 Å². The Hall–Kier alpha value is -1.15. The topological polar surface area (TPSA) is 3.24 Å². The summed E-state index contributed by atoms with van der Waals surface area (Å²) in [7, 11) is 0. The van der Waals surface area contributed by atoms with Crippen molar-refractivity contribution in [2.24, 2.45) is 11.3 Å². The van der Waals surface area contributed by atoms with Gasteiger partial charge in [0, 0.05) is 6.54 Å². The van der Waals surface area contributed by atoms with Crippen molar-refractivity contribution in [3.63, 3.8) is 0 Å². The molecule has 24 heavy (non-hydrogen) atoms. The number of hydrogen-bond acceptors (Lipinski definition) is 1. The predicted molar refractivity (Wildman–Crippen MR) is 99.4 cm³/mol. The Morgan fingerprint density at radius 1 is 1.08 bits per heavy atom. The van der Waals surface area contributed by atoms with Gasteiger partial charge < -0.3 is 0 Å². The second-order valence-corrected chi connectivity index (χ2v) is 8.71. The molecule has 1 heterocycles. The molecule has 2 heteroatoms. The summed E-state index contributed by atoms with van der Waals surface area (Å²) in [5, 5.41) is 0. The van der Waals surface area contributed by atoms with Gasteiger partial charge in [-0.1, -0.05) is 51.1 Å². The average Bonchev–Trinajstić information content (AvgIpc) is 3.02. The largest absolute Gasteiger partial charge is 0.290 e. The molecule has 3 rings (SSSR count). The Labute approximate surface area is 146 Å². The van der Waals surface area contributed by atoms with Crippen molar-refractivity contribution < 1.29 is 4.39 Å². The van der Waals surface area contributed by atoms with Crippen LogP contribution in [0.2, 0.25) is 0 Å². The predicted octanol–water partition coefficient (Wildman–Crippen LogP) is 6.11. The monoisotopic (exact) mass is 329 g/mol. The summed E-state index contributed by atoms with van der Waals surface area (Å²) >= 11 is 0. The fourth-order valence-electron chi connectivity index (χ4n) is 4.43. The molecule has 1 aliphatic heterocycles. The van der Waals surface area contributed by atoms with Crippen molar-refractivity contribution >= 4 is 0 Å². The number of benzene rings is 1. The molecule has 1 unspecified atom stereocenters.